The summed E-state index contributed by atoms with van der Waals surface area (Å²) in [5, 5.41) is 24.7. The normalized spacial score (nSPS) is 55.2. The van der Waals surface area contributed by atoms with E-state index in [4.69, 9.17) is 23.7 Å². The molecule has 0 radical (unpaired) electrons. The van der Waals surface area contributed by atoms with Crippen LogP contribution in [0.2, 0.25) is 0 Å². The summed E-state index contributed by atoms with van der Waals surface area (Å²) in [6, 6.07) is 0. The topological polar surface area (TPSA) is 121 Å². The van der Waals surface area contributed by atoms with E-state index in [-0.39, 0.29) is 53.6 Å². The van der Waals surface area contributed by atoms with Gasteiger partial charge in [0, 0.05) is 24.3 Å². The van der Waals surface area contributed by atoms with Gasteiger partial charge < -0.3 is 38.7 Å². The van der Waals surface area contributed by atoms with Gasteiger partial charge in [0.1, 0.15) is 19.0 Å². The number of rotatable bonds is 5. The zero-order valence-electron chi connectivity index (χ0n) is 25.5. The lowest BCUT2D eigenvalue weighted by Crippen LogP contribution is -2.69. The van der Waals surface area contributed by atoms with Gasteiger partial charge in [0.25, 0.3) is 0 Å². The SMILES string of the molecule is CC[C@@]1(C)O[C@H]2[C@H](C)O[C@@H](O[C@@H]3CC[C@]4(C=O)[C@H]5CC[C@]6(C)[C@H](C7=CC(=O)OC7)CC[C@]6(O)[C@@H]5CC[C@]4(O)C3)C[C@H]2O1. The van der Waals surface area contributed by atoms with Crippen molar-refractivity contribution in [1.29, 1.82) is 0 Å². The van der Waals surface area contributed by atoms with Gasteiger partial charge in [-0.3, -0.25) is 0 Å². The second kappa shape index (κ2) is 9.82. The molecule has 0 aromatic carbocycles. The molecule has 13 atom stereocenters. The predicted octanol–water partition coefficient (Wildman–Crippen LogP) is 3.97. The molecule has 0 bridgehead atoms. The third-order valence-electron chi connectivity index (χ3n) is 13.2. The van der Waals surface area contributed by atoms with Crippen molar-refractivity contribution in [2.45, 2.75) is 146 Å². The van der Waals surface area contributed by atoms with Crippen LogP contribution < -0.4 is 0 Å². The fraction of sp³-hybridized carbons (Fsp3) is 0.879. The second-order valence-electron chi connectivity index (χ2n) is 15.0. The first-order valence-corrected chi connectivity index (χ1v) is 16.3. The highest BCUT2D eigenvalue weighted by molar-refractivity contribution is 5.85. The largest absolute Gasteiger partial charge is 0.458 e. The maximum Gasteiger partial charge on any atom is 0.331 e. The Morgan fingerprint density at radius 1 is 1.05 bits per heavy atom. The summed E-state index contributed by atoms with van der Waals surface area (Å²) in [7, 11) is 0. The van der Waals surface area contributed by atoms with E-state index in [0.717, 1.165) is 37.5 Å². The molecule has 7 rings (SSSR count). The number of hydrogen-bond acceptors (Lipinski definition) is 9. The molecule has 234 valence electrons. The Morgan fingerprint density at radius 3 is 2.55 bits per heavy atom. The lowest BCUT2D eigenvalue weighted by molar-refractivity contribution is -0.278. The summed E-state index contributed by atoms with van der Waals surface area (Å²) in [4.78, 5) is 25.0. The molecule has 3 heterocycles. The van der Waals surface area contributed by atoms with Crippen LogP contribution in [0.15, 0.2) is 11.6 Å². The first-order valence-electron chi connectivity index (χ1n) is 16.3. The van der Waals surface area contributed by atoms with Gasteiger partial charge in [-0.05, 0) is 95.0 Å². The molecule has 9 nitrogen and oxygen atoms in total. The molecule has 0 amide bonds. The highest BCUT2D eigenvalue weighted by atomic mass is 16.8. The number of carbonyl (C=O) groups is 2. The van der Waals surface area contributed by atoms with Crippen molar-refractivity contribution in [1.82, 2.24) is 0 Å². The molecule has 42 heavy (non-hydrogen) atoms. The number of esters is 1. The number of fused-ring (bicyclic) bond motifs is 6. The maximum absolute atomic E-state index is 13.1. The van der Waals surface area contributed by atoms with Crippen molar-refractivity contribution in [2.75, 3.05) is 6.61 Å². The Hall–Kier alpha value is -1.36. The predicted molar refractivity (Wildman–Crippen MR) is 150 cm³/mol. The summed E-state index contributed by atoms with van der Waals surface area (Å²) >= 11 is 0. The molecule has 2 N–H and O–H groups in total. The maximum atomic E-state index is 13.1. The van der Waals surface area contributed by atoms with E-state index >= 15 is 0 Å². The van der Waals surface area contributed by atoms with Crippen molar-refractivity contribution in [3.63, 3.8) is 0 Å². The molecule has 0 spiro atoms. The fourth-order valence-corrected chi connectivity index (χ4v) is 10.8. The van der Waals surface area contributed by atoms with E-state index < -0.39 is 28.7 Å². The summed E-state index contributed by atoms with van der Waals surface area (Å²) < 4.78 is 30.4. The standard InChI is InChI=1S/C33H48O9/c1-5-30(4)41-25-15-27(39-19(2)28(25)42-30)40-21-6-11-31(18-34)23-7-10-29(3)22(20-14-26(35)38-17-20)9-13-33(29,37)24(23)8-12-32(31,36)16-21/h14,18-19,21-25,27-28,36-37H,5-13,15-17H2,1-4H3/t19-,21+,22-,23-,24+,25+,27-,28-,29+,30+,31-,32-,33-/m0/s1. The molecular formula is C33H48O9. The molecule has 4 saturated carbocycles. The van der Waals surface area contributed by atoms with Crippen molar-refractivity contribution in [2.24, 2.45) is 28.6 Å². The first kappa shape index (κ1) is 29.4. The van der Waals surface area contributed by atoms with Crippen LogP contribution in [0.1, 0.15) is 98.3 Å². The van der Waals surface area contributed by atoms with Gasteiger partial charge >= 0.3 is 5.97 Å². The average Bonchev–Trinajstić information content (AvgIpc) is 3.61. The molecule has 6 fully saturated rings. The summed E-state index contributed by atoms with van der Waals surface area (Å²) in [5.74, 6) is -0.980. The number of aliphatic hydroxyl groups is 2. The van der Waals surface area contributed by atoms with Crippen LogP contribution in [-0.2, 0) is 33.3 Å². The Morgan fingerprint density at radius 2 is 1.83 bits per heavy atom. The van der Waals surface area contributed by atoms with E-state index in [0.29, 0.717) is 51.6 Å². The van der Waals surface area contributed by atoms with Crippen molar-refractivity contribution < 1.29 is 43.5 Å². The molecule has 7 aliphatic rings. The number of cyclic esters (lactones) is 1. The number of ether oxygens (including phenoxy) is 5. The molecule has 0 unspecified atom stereocenters. The van der Waals surface area contributed by atoms with Crippen LogP contribution in [0.4, 0.5) is 0 Å². The quantitative estimate of drug-likeness (QED) is 0.279. The van der Waals surface area contributed by atoms with Crippen LogP contribution >= 0.6 is 0 Å². The second-order valence-corrected chi connectivity index (χ2v) is 15.0. The van der Waals surface area contributed by atoms with E-state index in [1.807, 2.05) is 20.8 Å². The molecule has 0 aromatic rings. The van der Waals surface area contributed by atoms with E-state index in [1.165, 1.54) is 0 Å². The summed E-state index contributed by atoms with van der Waals surface area (Å²) in [5.41, 5.74) is -2.44. The van der Waals surface area contributed by atoms with E-state index in [1.54, 1.807) is 6.08 Å². The lowest BCUT2D eigenvalue weighted by atomic mass is 9.41. The Kier molecular flexibility index (Phi) is 6.86. The molecule has 9 heteroatoms. The van der Waals surface area contributed by atoms with Gasteiger partial charge in [-0.1, -0.05) is 13.8 Å². The molecule has 0 aromatic heterocycles. The lowest BCUT2D eigenvalue weighted by Gasteiger charge is -2.65. The summed E-state index contributed by atoms with van der Waals surface area (Å²) in [6.45, 7) is 8.49. The molecule has 3 aliphatic heterocycles. The fourth-order valence-electron chi connectivity index (χ4n) is 10.8. The Labute approximate surface area is 248 Å². The zero-order valence-corrected chi connectivity index (χ0v) is 25.5. The highest BCUT2D eigenvalue weighted by Crippen LogP contribution is 2.70. The third kappa shape index (κ3) is 4.02. The van der Waals surface area contributed by atoms with Crippen molar-refractivity contribution in [3.05, 3.63) is 11.6 Å². The van der Waals surface area contributed by atoms with Gasteiger partial charge in [0.15, 0.2) is 12.1 Å². The first-order chi connectivity index (χ1) is 19.9. The van der Waals surface area contributed by atoms with Crippen LogP contribution in [0, 0.1) is 28.6 Å². The summed E-state index contributed by atoms with van der Waals surface area (Å²) in [6.07, 6.45) is 8.56. The number of carbonyl (C=O) groups excluding carboxylic acids is 2. The monoisotopic (exact) mass is 588 g/mol. The van der Waals surface area contributed by atoms with Crippen LogP contribution in [0.5, 0.6) is 0 Å². The van der Waals surface area contributed by atoms with Crippen molar-refractivity contribution >= 4 is 12.3 Å². The van der Waals surface area contributed by atoms with Gasteiger partial charge in [-0.25, -0.2) is 4.79 Å². The van der Waals surface area contributed by atoms with Gasteiger partial charge in [-0.15, -0.1) is 0 Å². The molecule has 4 aliphatic carbocycles. The smallest absolute Gasteiger partial charge is 0.331 e. The van der Waals surface area contributed by atoms with E-state index in [2.05, 4.69) is 6.92 Å². The third-order valence-corrected chi connectivity index (χ3v) is 13.2. The number of hydrogen-bond donors (Lipinski definition) is 2. The Bertz CT molecular complexity index is 1160. The van der Waals surface area contributed by atoms with Crippen LogP contribution in [0.3, 0.4) is 0 Å². The van der Waals surface area contributed by atoms with Crippen molar-refractivity contribution in [3.8, 4) is 0 Å². The molecular weight excluding hydrogens is 540 g/mol. The van der Waals surface area contributed by atoms with Gasteiger partial charge in [0.05, 0.1) is 34.9 Å². The highest BCUT2D eigenvalue weighted by Gasteiger charge is 2.71. The average molecular weight is 589 g/mol. The minimum Gasteiger partial charge on any atom is -0.458 e. The Balaban J connectivity index is 1.07. The van der Waals surface area contributed by atoms with E-state index in [9.17, 15) is 19.8 Å². The number of aldehydes is 1. The minimum atomic E-state index is -1.19. The minimum absolute atomic E-state index is 0.0744. The van der Waals surface area contributed by atoms with Crippen LogP contribution in [-0.4, -0.2) is 76.8 Å². The van der Waals surface area contributed by atoms with Gasteiger partial charge in [0.2, 0.25) is 0 Å². The molecule has 2 saturated heterocycles. The zero-order chi connectivity index (χ0) is 29.7. The van der Waals surface area contributed by atoms with Crippen LogP contribution in [0.25, 0.3) is 0 Å². The van der Waals surface area contributed by atoms with Gasteiger partial charge in [-0.2, -0.15) is 0 Å².